The van der Waals surface area contributed by atoms with Gasteiger partial charge in [-0.25, -0.2) is 0 Å². The first kappa shape index (κ1) is 27.5. The largest absolute Gasteiger partial charge is 0.352 e. The van der Waals surface area contributed by atoms with Gasteiger partial charge in [0, 0.05) is 13.0 Å². The van der Waals surface area contributed by atoms with Crippen molar-refractivity contribution in [1.29, 1.82) is 0 Å². The van der Waals surface area contributed by atoms with Gasteiger partial charge >= 0.3 is 0 Å². The van der Waals surface area contributed by atoms with Crippen LogP contribution < -0.4 is 5.32 Å². The Hall–Kier alpha value is -1.57. The third-order valence-corrected chi connectivity index (χ3v) is 6.00. The summed E-state index contributed by atoms with van der Waals surface area (Å²) in [6.07, 6.45) is 28.0. The van der Waals surface area contributed by atoms with Crippen LogP contribution in [0.4, 0.5) is 0 Å². The molecule has 0 fully saturated rings. The molecular formula is C29H49NO. The number of amides is 1. The summed E-state index contributed by atoms with van der Waals surface area (Å²) in [5, 5.41) is 3.01. The highest BCUT2D eigenvalue weighted by atomic mass is 16.1. The van der Waals surface area contributed by atoms with Crippen LogP contribution in [0, 0.1) is 0 Å². The molecule has 0 radical (unpaired) electrons. The van der Waals surface area contributed by atoms with E-state index in [0.717, 1.165) is 6.42 Å². The lowest BCUT2D eigenvalue weighted by Gasteiger charge is -2.05. The summed E-state index contributed by atoms with van der Waals surface area (Å²) in [4.78, 5) is 11.9. The molecule has 0 aromatic heterocycles. The number of hydrogen-bond donors (Lipinski definition) is 1. The summed E-state index contributed by atoms with van der Waals surface area (Å²) >= 11 is 0. The zero-order valence-electron chi connectivity index (χ0n) is 20.4. The van der Waals surface area contributed by atoms with Crippen LogP contribution in [0.1, 0.15) is 128 Å². The molecule has 1 rings (SSSR count). The maximum Gasteiger partial charge on any atom is 0.220 e. The molecular weight excluding hydrogens is 378 g/mol. The van der Waals surface area contributed by atoms with Crippen molar-refractivity contribution in [2.75, 3.05) is 0 Å². The van der Waals surface area contributed by atoms with Crippen LogP contribution in [0.15, 0.2) is 42.5 Å². The molecule has 1 aromatic rings. The quantitative estimate of drug-likeness (QED) is 0.154. The van der Waals surface area contributed by atoms with E-state index in [1.165, 1.54) is 108 Å². The van der Waals surface area contributed by atoms with E-state index in [-0.39, 0.29) is 5.91 Å². The molecule has 0 aliphatic rings. The van der Waals surface area contributed by atoms with E-state index in [0.29, 0.717) is 13.0 Å². The molecule has 0 atom stereocenters. The van der Waals surface area contributed by atoms with Gasteiger partial charge in [-0.2, -0.15) is 0 Å². The van der Waals surface area contributed by atoms with Crippen LogP contribution in [0.2, 0.25) is 0 Å². The molecule has 176 valence electrons. The van der Waals surface area contributed by atoms with E-state index in [9.17, 15) is 4.79 Å². The summed E-state index contributed by atoms with van der Waals surface area (Å²) in [5.41, 5.74) is 1.17. The number of carbonyl (C=O) groups is 1. The van der Waals surface area contributed by atoms with Crippen molar-refractivity contribution >= 4 is 5.91 Å². The summed E-state index contributed by atoms with van der Waals surface area (Å²) in [6.45, 7) is 2.93. The van der Waals surface area contributed by atoms with Crippen molar-refractivity contribution in [2.45, 2.75) is 129 Å². The number of rotatable bonds is 21. The minimum absolute atomic E-state index is 0.185. The van der Waals surface area contributed by atoms with Crippen molar-refractivity contribution < 1.29 is 4.79 Å². The molecule has 1 amide bonds. The lowest BCUT2D eigenvalue weighted by Crippen LogP contribution is -2.22. The average molecular weight is 428 g/mol. The highest BCUT2D eigenvalue weighted by Gasteiger charge is 2.01. The Kier molecular flexibility index (Phi) is 19.2. The van der Waals surface area contributed by atoms with Gasteiger partial charge in [0.1, 0.15) is 0 Å². The summed E-state index contributed by atoms with van der Waals surface area (Å²) in [7, 11) is 0. The number of unbranched alkanes of at least 4 members (excludes halogenated alkanes) is 15. The van der Waals surface area contributed by atoms with Gasteiger partial charge in [0.05, 0.1) is 0 Å². The molecule has 0 unspecified atom stereocenters. The van der Waals surface area contributed by atoms with E-state index in [2.05, 4.69) is 24.4 Å². The van der Waals surface area contributed by atoms with Crippen LogP contribution in [-0.4, -0.2) is 5.91 Å². The fourth-order valence-electron chi connectivity index (χ4n) is 3.95. The molecule has 1 aromatic carbocycles. The van der Waals surface area contributed by atoms with Crippen molar-refractivity contribution in [3.8, 4) is 0 Å². The van der Waals surface area contributed by atoms with Gasteiger partial charge in [0.15, 0.2) is 0 Å². The van der Waals surface area contributed by atoms with Gasteiger partial charge in [-0.15, -0.1) is 0 Å². The standard InChI is InChI=1S/C29H49NO/c1-2-3-4-5-6-7-8-9-10-11-12-13-14-15-16-17-18-19-23-26-29(31)30-27-28-24-21-20-22-25-28/h9-10,20-22,24-25H,2-8,11-19,23,26-27H2,1H3,(H,30,31)/b10-9+. The zero-order valence-corrected chi connectivity index (χ0v) is 20.4. The lowest BCUT2D eigenvalue weighted by atomic mass is 10.1. The topological polar surface area (TPSA) is 29.1 Å². The Morgan fingerprint density at radius 2 is 1.16 bits per heavy atom. The number of allylic oxidation sites excluding steroid dienone is 2. The molecule has 2 heteroatoms. The van der Waals surface area contributed by atoms with Crippen molar-refractivity contribution in [2.24, 2.45) is 0 Å². The monoisotopic (exact) mass is 427 g/mol. The minimum atomic E-state index is 0.185. The number of hydrogen-bond acceptors (Lipinski definition) is 1. The molecule has 0 bridgehead atoms. The Bertz CT molecular complexity index is 537. The second-order valence-corrected chi connectivity index (χ2v) is 9.01. The van der Waals surface area contributed by atoms with Crippen LogP contribution in [0.5, 0.6) is 0 Å². The number of benzene rings is 1. The summed E-state index contributed by atoms with van der Waals surface area (Å²) in [6, 6.07) is 10.1. The van der Waals surface area contributed by atoms with E-state index in [1.807, 2.05) is 30.3 Å². The van der Waals surface area contributed by atoms with Gasteiger partial charge in [-0.1, -0.05) is 126 Å². The Balaban J connectivity index is 1.75. The Labute approximate surface area is 193 Å². The fourth-order valence-corrected chi connectivity index (χ4v) is 3.95. The normalized spacial score (nSPS) is 11.3. The summed E-state index contributed by atoms with van der Waals surface area (Å²) in [5.74, 6) is 0.185. The van der Waals surface area contributed by atoms with Gasteiger partial charge in [0.25, 0.3) is 0 Å². The van der Waals surface area contributed by atoms with E-state index in [4.69, 9.17) is 0 Å². The van der Waals surface area contributed by atoms with Crippen LogP contribution in [0.3, 0.4) is 0 Å². The van der Waals surface area contributed by atoms with Gasteiger partial charge < -0.3 is 5.32 Å². The van der Waals surface area contributed by atoms with Gasteiger partial charge in [-0.05, 0) is 37.7 Å². The maximum atomic E-state index is 11.9. The summed E-state index contributed by atoms with van der Waals surface area (Å²) < 4.78 is 0. The zero-order chi connectivity index (χ0) is 22.2. The molecule has 31 heavy (non-hydrogen) atoms. The molecule has 0 heterocycles. The van der Waals surface area contributed by atoms with E-state index < -0.39 is 0 Å². The van der Waals surface area contributed by atoms with E-state index in [1.54, 1.807) is 0 Å². The SMILES string of the molecule is CCCCCCCC/C=C/CCCCCCCCCCCC(=O)NCc1ccccc1. The highest BCUT2D eigenvalue weighted by molar-refractivity contribution is 5.75. The third kappa shape index (κ3) is 18.9. The number of nitrogens with one attached hydrogen (secondary N) is 1. The number of carbonyl (C=O) groups excluding carboxylic acids is 1. The fraction of sp³-hybridized carbons (Fsp3) is 0.690. The minimum Gasteiger partial charge on any atom is -0.352 e. The van der Waals surface area contributed by atoms with E-state index >= 15 is 0 Å². The van der Waals surface area contributed by atoms with Crippen LogP contribution in [0.25, 0.3) is 0 Å². The van der Waals surface area contributed by atoms with Crippen LogP contribution >= 0.6 is 0 Å². The van der Waals surface area contributed by atoms with Crippen molar-refractivity contribution in [1.82, 2.24) is 5.32 Å². The molecule has 0 saturated carbocycles. The first-order valence-electron chi connectivity index (χ1n) is 13.3. The molecule has 0 aliphatic carbocycles. The smallest absolute Gasteiger partial charge is 0.220 e. The van der Waals surface area contributed by atoms with Gasteiger partial charge in [0.2, 0.25) is 5.91 Å². The second-order valence-electron chi connectivity index (χ2n) is 9.01. The Morgan fingerprint density at radius 3 is 1.71 bits per heavy atom. The molecule has 0 saturated heterocycles. The average Bonchev–Trinajstić information content (AvgIpc) is 2.80. The Morgan fingerprint density at radius 1 is 0.677 bits per heavy atom. The molecule has 1 N–H and O–H groups in total. The second kappa shape index (κ2) is 21.7. The maximum absolute atomic E-state index is 11.9. The third-order valence-electron chi connectivity index (χ3n) is 6.00. The first-order chi connectivity index (χ1) is 15.3. The predicted octanol–water partition coefficient (Wildman–Crippen LogP) is 8.90. The van der Waals surface area contributed by atoms with Gasteiger partial charge in [-0.3, -0.25) is 4.79 Å². The lowest BCUT2D eigenvalue weighted by molar-refractivity contribution is -0.121. The molecule has 2 nitrogen and oxygen atoms in total. The molecule has 0 aliphatic heterocycles. The van der Waals surface area contributed by atoms with Crippen LogP contribution in [-0.2, 0) is 11.3 Å². The molecule has 0 spiro atoms. The highest BCUT2D eigenvalue weighted by Crippen LogP contribution is 2.12. The first-order valence-corrected chi connectivity index (χ1v) is 13.3. The van der Waals surface area contributed by atoms with Crippen molar-refractivity contribution in [3.05, 3.63) is 48.0 Å². The van der Waals surface area contributed by atoms with Crippen molar-refractivity contribution in [3.63, 3.8) is 0 Å². The predicted molar refractivity (Wildman–Crippen MR) is 136 cm³/mol.